The first kappa shape index (κ1) is 13.7. The second kappa shape index (κ2) is 5.13. The minimum atomic E-state index is -3.98. The first-order valence-electron chi connectivity index (χ1n) is 5.31. The van der Waals surface area contributed by atoms with Crippen LogP contribution in [0.4, 0.5) is 0 Å². The summed E-state index contributed by atoms with van der Waals surface area (Å²) in [6, 6.07) is 12.2. The summed E-state index contributed by atoms with van der Waals surface area (Å²) in [7, 11) is -3.98. The molecule has 0 heterocycles. The lowest BCUT2D eigenvalue weighted by Crippen LogP contribution is -2.17. The summed E-state index contributed by atoms with van der Waals surface area (Å²) in [5.41, 5.74) is 0.343. The van der Waals surface area contributed by atoms with Gasteiger partial charge in [0.1, 0.15) is 0 Å². The molecule has 2 aromatic rings. The quantitative estimate of drug-likeness (QED) is 0.882. The fourth-order valence-electron chi connectivity index (χ4n) is 1.67. The molecule has 2 rings (SSSR count). The van der Waals surface area contributed by atoms with Crippen LogP contribution in [0.2, 0.25) is 5.02 Å². The minimum Gasteiger partial charge on any atom is -0.289 e. The van der Waals surface area contributed by atoms with Crippen molar-refractivity contribution in [1.82, 2.24) is 0 Å². The SMILES string of the molecule is NS(=O)(=O)c1ccc(Cl)cc1C(=O)c1ccccc1. The molecule has 0 radical (unpaired) electrons. The van der Waals surface area contributed by atoms with Crippen molar-refractivity contribution < 1.29 is 13.2 Å². The maximum Gasteiger partial charge on any atom is 0.238 e. The van der Waals surface area contributed by atoms with Crippen molar-refractivity contribution in [2.75, 3.05) is 0 Å². The van der Waals surface area contributed by atoms with Gasteiger partial charge in [0, 0.05) is 16.1 Å². The summed E-state index contributed by atoms with van der Waals surface area (Å²) in [4.78, 5) is 12.1. The van der Waals surface area contributed by atoms with E-state index in [4.69, 9.17) is 16.7 Å². The number of ketones is 1. The molecule has 0 amide bonds. The molecule has 0 atom stereocenters. The molecular formula is C13H10ClNO3S. The van der Waals surface area contributed by atoms with E-state index in [1.165, 1.54) is 18.2 Å². The van der Waals surface area contributed by atoms with E-state index < -0.39 is 15.8 Å². The second-order valence-corrected chi connectivity index (χ2v) is 5.85. The highest BCUT2D eigenvalue weighted by atomic mass is 35.5. The number of halogens is 1. The van der Waals surface area contributed by atoms with Gasteiger partial charge in [-0.05, 0) is 18.2 Å². The molecule has 0 unspecified atom stereocenters. The van der Waals surface area contributed by atoms with Gasteiger partial charge in [0.05, 0.1) is 4.90 Å². The molecule has 0 fully saturated rings. The Morgan fingerprint density at radius 3 is 2.26 bits per heavy atom. The van der Waals surface area contributed by atoms with Crippen molar-refractivity contribution in [3.05, 3.63) is 64.7 Å². The van der Waals surface area contributed by atoms with Gasteiger partial charge in [0.15, 0.2) is 5.78 Å². The Kier molecular flexibility index (Phi) is 3.71. The smallest absolute Gasteiger partial charge is 0.238 e. The third-order valence-electron chi connectivity index (χ3n) is 2.53. The Labute approximate surface area is 115 Å². The Bertz CT molecular complexity index is 727. The van der Waals surface area contributed by atoms with Crippen LogP contribution in [0.3, 0.4) is 0 Å². The zero-order valence-electron chi connectivity index (χ0n) is 9.71. The standard InChI is InChI=1S/C13H10ClNO3S/c14-10-6-7-12(19(15,17)18)11(8-10)13(16)9-4-2-1-3-5-9/h1-8H,(H2,15,17,18). The van der Waals surface area contributed by atoms with Gasteiger partial charge in [0.2, 0.25) is 10.0 Å². The molecule has 0 aliphatic heterocycles. The molecule has 98 valence electrons. The van der Waals surface area contributed by atoms with Crippen LogP contribution in [0.1, 0.15) is 15.9 Å². The number of nitrogens with two attached hydrogens (primary N) is 1. The van der Waals surface area contributed by atoms with Gasteiger partial charge < -0.3 is 0 Å². The van der Waals surface area contributed by atoms with Crippen molar-refractivity contribution in [2.24, 2.45) is 5.14 Å². The number of sulfonamides is 1. The lowest BCUT2D eigenvalue weighted by molar-refractivity contribution is 0.103. The molecule has 0 aromatic heterocycles. The van der Waals surface area contributed by atoms with E-state index in [0.29, 0.717) is 5.56 Å². The van der Waals surface area contributed by atoms with Crippen LogP contribution in [-0.2, 0) is 10.0 Å². The number of rotatable bonds is 3. The average molecular weight is 296 g/mol. The first-order valence-corrected chi connectivity index (χ1v) is 7.24. The van der Waals surface area contributed by atoms with Crippen LogP contribution < -0.4 is 5.14 Å². The predicted octanol–water partition coefficient (Wildman–Crippen LogP) is 2.22. The summed E-state index contributed by atoms with van der Waals surface area (Å²) < 4.78 is 23.0. The highest BCUT2D eigenvalue weighted by molar-refractivity contribution is 7.89. The second-order valence-electron chi connectivity index (χ2n) is 3.88. The zero-order valence-corrected chi connectivity index (χ0v) is 11.3. The van der Waals surface area contributed by atoms with E-state index in [1.807, 2.05) is 0 Å². The number of benzene rings is 2. The Morgan fingerprint density at radius 2 is 1.68 bits per heavy atom. The summed E-state index contributed by atoms with van der Waals surface area (Å²) >= 11 is 5.81. The molecule has 0 saturated heterocycles. The van der Waals surface area contributed by atoms with Gasteiger partial charge in [-0.15, -0.1) is 0 Å². The third-order valence-corrected chi connectivity index (χ3v) is 3.73. The maximum absolute atomic E-state index is 12.3. The van der Waals surface area contributed by atoms with Crippen molar-refractivity contribution in [3.8, 4) is 0 Å². The van der Waals surface area contributed by atoms with Crippen molar-refractivity contribution in [2.45, 2.75) is 4.90 Å². The fraction of sp³-hybridized carbons (Fsp3) is 0. The van der Waals surface area contributed by atoms with Crippen LogP contribution in [0.15, 0.2) is 53.4 Å². The van der Waals surface area contributed by atoms with Gasteiger partial charge in [-0.1, -0.05) is 41.9 Å². The van der Waals surface area contributed by atoms with Gasteiger partial charge in [-0.3, -0.25) is 4.79 Å². The monoisotopic (exact) mass is 295 g/mol. The van der Waals surface area contributed by atoms with Crippen LogP contribution in [-0.4, -0.2) is 14.2 Å². The zero-order chi connectivity index (χ0) is 14.0. The summed E-state index contributed by atoms with van der Waals surface area (Å²) in [5, 5.41) is 5.37. The van der Waals surface area contributed by atoms with Gasteiger partial charge in [-0.25, -0.2) is 13.6 Å². The molecule has 0 spiro atoms. The number of hydrogen-bond donors (Lipinski definition) is 1. The normalized spacial score (nSPS) is 11.3. The van der Waals surface area contributed by atoms with Gasteiger partial charge >= 0.3 is 0 Å². The molecule has 2 aromatic carbocycles. The van der Waals surface area contributed by atoms with Crippen molar-refractivity contribution in [3.63, 3.8) is 0 Å². The first-order chi connectivity index (χ1) is 8.89. The van der Waals surface area contributed by atoms with E-state index in [2.05, 4.69) is 0 Å². The molecular weight excluding hydrogens is 286 g/mol. The predicted molar refractivity (Wildman–Crippen MR) is 72.7 cm³/mol. The molecule has 0 bridgehead atoms. The lowest BCUT2D eigenvalue weighted by Gasteiger charge is -2.07. The van der Waals surface area contributed by atoms with Crippen LogP contribution in [0.25, 0.3) is 0 Å². The minimum absolute atomic E-state index is 0.0267. The third kappa shape index (κ3) is 3.01. The van der Waals surface area contributed by atoms with Gasteiger partial charge in [-0.2, -0.15) is 0 Å². The van der Waals surface area contributed by atoms with E-state index >= 15 is 0 Å². The maximum atomic E-state index is 12.3. The molecule has 2 N–H and O–H groups in total. The Hall–Kier alpha value is -1.69. The van der Waals surface area contributed by atoms with E-state index in [0.717, 1.165) is 0 Å². The van der Waals surface area contributed by atoms with Crippen LogP contribution >= 0.6 is 11.6 Å². The van der Waals surface area contributed by atoms with Crippen molar-refractivity contribution >= 4 is 27.4 Å². The molecule has 0 aliphatic carbocycles. The van der Waals surface area contributed by atoms with E-state index in [-0.39, 0.29) is 15.5 Å². The molecule has 0 aliphatic rings. The molecule has 4 nitrogen and oxygen atoms in total. The number of primary sulfonamides is 1. The van der Waals surface area contributed by atoms with Crippen LogP contribution in [0, 0.1) is 0 Å². The highest BCUT2D eigenvalue weighted by Crippen LogP contribution is 2.22. The van der Waals surface area contributed by atoms with Crippen LogP contribution in [0.5, 0.6) is 0 Å². The fourth-order valence-corrected chi connectivity index (χ4v) is 2.56. The molecule has 0 saturated carbocycles. The average Bonchev–Trinajstić information content (AvgIpc) is 2.37. The summed E-state index contributed by atoms with van der Waals surface area (Å²) in [6.07, 6.45) is 0. The lowest BCUT2D eigenvalue weighted by atomic mass is 10.0. The number of carbonyl (C=O) groups excluding carboxylic acids is 1. The summed E-state index contributed by atoms with van der Waals surface area (Å²) in [5.74, 6) is -0.438. The molecule has 19 heavy (non-hydrogen) atoms. The molecule has 6 heteroatoms. The van der Waals surface area contributed by atoms with Gasteiger partial charge in [0.25, 0.3) is 0 Å². The highest BCUT2D eigenvalue weighted by Gasteiger charge is 2.20. The topological polar surface area (TPSA) is 77.2 Å². The van der Waals surface area contributed by atoms with Crippen molar-refractivity contribution in [1.29, 1.82) is 0 Å². The largest absolute Gasteiger partial charge is 0.289 e. The number of hydrogen-bond acceptors (Lipinski definition) is 3. The Balaban J connectivity index is 2.62. The van der Waals surface area contributed by atoms with E-state index in [9.17, 15) is 13.2 Å². The number of carbonyl (C=O) groups is 1. The van der Waals surface area contributed by atoms with E-state index in [1.54, 1.807) is 30.3 Å². The Morgan fingerprint density at radius 1 is 1.05 bits per heavy atom. The summed E-state index contributed by atoms with van der Waals surface area (Å²) in [6.45, 7) is 0.